The van der Waals surface area contributed by atoms with Gasteiger partial charge in [0.25, 0.3) is 0 Å². The number of aryl methyl sites for hydroxylation is 1. The van der Waals surface area contributed by atoms with Crippen molar-refractivity contribution in [3.05, 3.63) is 34.2 Å². The van der Waals surface area contributed by atoms with Crippen LogP contribution in [0.2, 0.25) is 5.02 Å². The molecule has 2 aromatic rings. The van der Waals surface area contributed by atoms with Crippen LogP contribution in [0.15, 0.2) is 12.1 Å². The van der Waals surface area contributed by atoms with Gasteiger partial charge < -0.3 is 15.8 Å². The molecule has 1 aliphatic rings. The minimum Gasteiger partial charge on any atom is -0.394 e. The summed E-state index contributed by atoms with van der Waals surface area (Å²) in [7, 11) is 0. The fourth-order valence-electron chi connectivity index (χ4n) is 2.67. The molecule has 1 aromatic carbocycles. The molecule has 0 bridgehead atoms. The Labute approximate surface area is 109 Å². The molecule has 1 heterocycles. The van der Waals surface area contributed by atoms with Gasteiger partial charge in [0.05, 0.1) is 11.6 Å². The van der Waals surface area contributed by atoms with Crippen molar-refractivity contribution in [2.45, 2.75) is 24.8 Å². The lowest BCUT2D eigenvalue weighted by Crippen LogP contribution is -2.48. The lowest BCUT2D eigenvalue weighted by Gasteiger charge is -2.31. The van der Waals surface area contributed by atoms with Crippen LogP contribution in [-0.4, -0.2) is 22.2 Å². The molecular weight excluding hydrogens is 255 g/mol. The third-order valence-corrected chi connectivity index (χ3v) is 4.04. The largest absolute Gasteiger partial charge is 0.394 e. The normalized spacial score (nSPS) is 23.3. The van der Waals surface area contributed by atoms with Gasteiger partial charge in [0.1, 0.15) is 5.82 Å². The van der Waals surface area contributed by atoms with Crippen molar-refractivity contribution in [1.82, 2.24) is 4.98 Å². The predicted octanol–water partition coefficient (Wildman–Crippen LogP) is 2.14. The highest BCUT2D eigenvalue weighted by Gasteiger charge is 2.32. The van der Waals surface area contributed by atoms with E-state index in [1.54, 1.807) is 6.07 Å². The smallest absolute Gasteiger partial charge is 0.142 e. The number of aromatic amines is 1. The molecule has 18 heavy (non-hydrogen) atoms. The minimum absolute atomic E-state index is 0.0603. The van der Waals surface area contributed by atoms with Gasteiger partial charge in [-0.15, -0.1) is 0 Å². The molecule has 1 aromatic heterocycles. The van der Waals surface area contributed by atoms with Gasteiger partial charge in [-0.2, -0.15) is 0 Å². The van der Waals surface area contributed by atoms with Crippen LogP contribution in [-0.2, 0) is 12.8 Å². The zero-order chi connectivity index (χ0) is 12.9. The van der Waals surface area contributed by atoms with E-state index in [1.807, 2.05) is 0 Å². The Kier molecular flexibility index (Phi) is 2.62. The zero-order valence-corrected chi connectivity index (χ0v) is 10.5. The van der Waals surface area contributed by atoms with Crippen LogP contribution in [0, 0.1) is 5.82 Å². The monoisotopic (exact) mass is 268 g/mol. The van der Waals surface area contributed by atoms with Gasteiger partial charge in [-0.05, 0) is 37.0 Å². The van der Waals surface area contributed by atoms with Crippen LogP contribution in [0.1, 0.15) is 17.7 Å². The molecule has 96 valence electrons. The minimum atomic E-state index is -0.599. The predicted molar refractivity (Wildman–Crippen MR) is 69.3 cm³/mol. The Morgan fingerprint density at radius 1 is 1.50 bits per heavy atom. The van der Waals surface area contributed by atoms with Crippen molar-refractivity contribution in [3.8, 4) is 0 Å². The molecule has 3 rings (SSSR count). The number of H-pyrrole nitrogens is 1. The number of aliphatic hydroxyl groups is 1. The molecule has 1 aliphatic carbocycles. The maximum atomic E-state index is 13.5. The third kappa shape index (κ3) is 1.72. The van der Waals surface area contributed by atoms with Crippen molar-refractivity contribution in [3.63, 3.8) is 0 Å². The summed E-state index contributed by atoms with van der Waals surface area (Å²) in [6.45, 7) is -0.0603. The second-order valence-electron chi connectivity index (χ2n) is 5.09. The third-order valence-electron chi connectivity index (χ3n) is 3.75. The average molecular weight is 269 g/mol. The summed E-state index contributed by atoms with van der Waals surface area (Å²) < 4.78 is 13.5. The van der Waals surface area contributed by atoms with E-state index >= 15 is 0 Å². The molecule has 0 saturated carbocycles. The molecular formula is C13H14ClFN2O. The van der Waals surface area contributed by atoms with Gasteiger partial charge in [-0.25, -0.2) is 4.39 Å². The molecule has 4 N–H and O–H groups in total. The van der Waals surface area contributed by atoms with E-state index in [0.29, 0.717) is 6.42 Å². The molecule has 1 unspecified atom stereocenters. The molecule has 0 fully saturated rings. The van der Waals surface area contributed by atoms with E-state index in [2.05, 4.69) is 4.98 Å². The van der Waals surface area contributed by atoms with Crippen LogP contribution < -0.4 is 5.73 Å². The maximum Gasteiger partial charge on any atom is 0.142 e. The van der Waals surface area contributed by atoms with E-state index in [9.17, 15) is 9.50 Å². The highest BCUT2D eigenvalue weighted by molar-refractivity contribution is 6.31. The first-order chi connectivity index (χ1) is 8.52. The van der Waals surface area contributed by atoms with Crippen LogP contribution in [0.3, 0.4) is 0 Å². The molecule has 0 radical (unpaired) electrons. The van der Waals surface area contributed by atoms with E-state index in [1.165, 1.54) is 6.07 Å². The first kappa shape index (κ1) is 12.0. The van der Waals surface area contributed by atoms with Crippen LogP contribution in [0.25, 0.3) is 10.9 Å². The van der Waals surface area contributed by atoms with Crippen LogP contribution >= 0.6 is 11.6 Å². The zero-order valence-electron chi connectivity index (χ0n) is 9.76. The Morgan fingerprint density at radius 2 is 2.28 bits per heavy atom. The van der Waals surface area contributed by atoms with Gasteiger partial charge in [-0.3, -0.25) is 0 Å². The molecule has 5 heteroatoms. The number of benzene rings is 1. The van der Waals surface area contributed by atoms with Gasteiger partial charge in [0.15, 0.2) is 0 Å². The number of aliphatic hydroxyl groups excluding tert-OH is 1. The topological polar surface area (TPSA) is 62.0 Å². The molecule has 0 saturated heterocycles. The Bertz CT molecular complexity index is 625. The number of hydrogen-bond donors (Lipinski definition) is 3. The molecule has 3 nitrogen and oxygen atoms in total. The Hall–Kier alpha value is -1.10. The second-order valence-corrected chi connectivity index (χ2v) is 5.50. The maximum absolute atomic E-state index is 13.5. The van der Waals surface area contributed by atoms with Crippen molar-refractivity contribution in [1.29, 1.82) is 0 Å². The van der Waals surface area contributed by atoms with E-state index < -0.39 is 11.4 Å². The summed E-state index contributed by atoms with van der Waals surface area (Å²) in [6, 6.07) is 3.04. The lowest BCUT2D eigenvalue weighted by atomic mass is 9.81. The average Bonchev–Trinajstić information content (AvgIpc) is 2.67. The summed E-state index contributed by atoms with van der Waals surface area (Å²) in [6.07, 6.45) is 2.04. The molecule has 0 aliphatic heterocycles. The summed E-state index contributed by atoms with van der Waals surface area (Å²) >= 11 is 5.77. The SMILES string of the molecule is NC1(CO)CCc2[nH]c3cc(Cl)c(F)cc3c2C1. The molecule has 1 atom stereocenters. The second kappa shape index (κ2) is 3.95. The number of halogens is 2. The fraction of sp³-hybridized carbons (Fsp3) is 0.385. The summed E-state index contributed by atoms with van der Waals surface area (Å²) in [5.74, 6) is -0.428. The van der Waals surface area contributed by atoms with Crippen molar-refractivity contribution in [2.75, 3.05) is 6.61 Å². The van der Waals surface area contributed by atoms with Crippen LogP contribution in [0.5, 0.6) is 0 Å². The summed E-state index contributed by atoms with van der Waals surface area (Å²) in [5, 5.41) is 10.3. The van der Waals surface area contributed by atoms with Gasteiger partial charge in [0, 0.05) is 22.1 Å². The summed E-state index contributed by atoms with van der Waals surface area (Å²) in [4.78, 5) is 3.26. The standard InChI is InChI=1S/C13H14ClFN2O/c14-9-4-12-7(3-10(9)15)8-5-13(16,6-18)2-1-11(8)17-12/h3-4,17-18H,1-2,5-6,16H2. The quantitative estimate of drug-likeness (QED) is 0.742. The molecule has 0 amide bonds. The highest BCUT2D eigenvalue weighted by Crippen LogP contribution is 2.34. The molecule has 0 spiro atoms. The Balaban J connectivity index is 2.18. The highest BCUT2D eigenvalue weighted by atomic mass is 35.5. The first-order valence-corrected chi connectivity index (χ1v) is 6.28. The van der Waals surface area contributed by atoms with Crippen molar-refractivity contribution >= 4 is 22.5 Å². The van der Waals surface area contributed by atoms with Gasteiger partial charge in [-0.1, -0.05) is 11.6 Å². The summed E-state index contributed by atoms with van der Waals surface area (Å²) in [5.41, 5.74) is 8.41. The van der Waals surface area contributed by atoms with E-state index in [-0.39, 0.29) is 11.6 Å². The van der Waals surface area contributed by atoms with Crippen molar-refractivity contribution in [2.24, 2.45) is 5.73 Å². The number of hydrogen-bond acceptors (Lipinski definition) is 2. The van der Waals surface area contributed by atoms with Crippen LogP contribution in [0.4, 0.5) is 4.39 Å². The van der Waals surface area contributed by atoms with Crippen molar-refractivity contribution < 1.29 is 9.50 Å². The number of fused-ring (bicyclic) bond motifs is 3. The fourth-order valence-corrected chi connectivity index (χ4v) is 2.83. The number of nitrogens with two attached hydrogens (primary N) is 1. The van der Waals surface area contributed by atoms with E-state index in [4.69, 9.17) is 17.3 Å². The first-order valence-electron chi connectivity index (χ1n) is 5.91. The van der Waals surface area contributed by atoms with Gasteiger partial charge in [0.2, 0.25) is 0 Å². The number of nitrogens with one attached hydrogen (secondary N) is 1. The van der Waals surface area contributed by atoms with E-state index in [0.717, 1.165) is 35.0 Å². The lowest BCUT2D eigenvalue weighted by molar-refractivity contribution is 0.181. The Morgan fingerprint density at radius 3 is 3.00 bits per heavy atom. The van der Waals surface area contributed by atoms with Gasteiger partial charge >= 0.3 is 0 Å². The number of rotatable bonds is 1. The number of aromatic nitrogens is 1.